The SMILES string of the molecule is CCCC(C)(C)n1nnc2c1CCC1C(CC2)C1COC(C)(C)C. The van der Waals surface area contributed by atoms with Crippen LogP contribution >= 0.6 is 0 Å². The van der Waals surface area contributed by atoms with Gasteiger partial charge in [0.2, 0.25) is 0 Å². The first-order chi connectivity index (χ1) is 11.2. The van der Waals surface area contributed by atoms with E-state index >= 15 is 0 Å². The molecule has 0 aliphatic heterocycles. The van der Waals surface area contributed by atoms with Gasteiger partial charge >= 0.3 is 0 Å². The van der Waals surface area contributed by atoms with E-state index in [1.54, 1.807) is 0 Å². The summed E-state index contributed by atoms with van der Waals surface area (Å²) in [4.78, 5) is 0. The van der Waals surface area contributed by atoms with Crippen LogP contribution in [-0.2, 0) is 23.1 Å². The molecule has 1 aromatic rings. The molecular formula is C20H35N3O. The lowest BCUT2D eigenvalue weighted by Crippen LogP contribution is -2.29. The minimum Gasteiger partial charge on any atom is -0.376 e. The van der Waals surface area contributed by atoms with Crippen molar-refractivity contribution in [2.24, 2.45) is 17.8 Å². The summed E-state index contributed by atoms with van der Waals surface area (Å²) >= 11 is 0. The fraction of sp³-hybridized carbons (Fsp3) is 0.900. The largest absolute Gasteiger partial charge is 0.376 e. The smallest absolute Gasteiger partial charge is 0.0859 e. The molecular weight excluding hydrogens is 298 g/mol. The van der Waals surface area contributed by atoms with Crippen molar-refractivity contribution >= 4 is 0 Å². The van der Waals surface area contributed by atoms with Crippen molar-refractivity contribution < 1.29 is 4.74 Å². The van der Waals surface area contributed by atoms with E-state index < -0.39 is 0 Å². The topological polar surface area (TPSA) is 39.9 Å². The molecule has 1 saturated carbocycles. The average molecular weight is 334 g/mol. The number of nitrogens with zero attached hydrogens (tertiary/aromatic N) is 3. The Morgan fingerprint density at radius 2 is 1.75 bits per heavy atom. The number of hydrogen-bond acceptors (Lipinski definition) is 3. The van der Waals surface area contributed by atoms with Crippen molar-refractivity contribution in [2.45, 2.75) is 91.2 Å². The summed E-state index contributed by atoms with van der Waals surface area (Å²) in [6, 6.07) is 0. The molecule has 0 N–H and O–H groups in total. The molecule has 3 unspecified atom stereocenters. The zero-order valence-corrected chi connectivity index (χ0v) is 16.4. The molecule has 4 heteroatoms. The second-order valence-corrected chi connectivity index (χ2v) is 9.45. The Morgan fingerprint density at radius 1 is 1.08 bits per heavy atom. The fourth-order valence-corrected chi connectivity index (χ4v) is 4.56. The molecule has 24 heavy (non-hydrogen) atoms. The van der Waals surface area contributed by atoms with Gasteiger partial charge in [-0.1, -0.05) is 18.6 Å². The minimum atomic E-state index is -0.0208. The third-order valence-corrected chi connectivity index (χ3v) is 5.93. The molecule has 1 fully saturated rings. The van der Waals surface area contributed by atoms with Gasteiger partial charge in [-0.3, -0.25) is 0 Å². The highest BCUT2D eigenvalue weighted by Gasteiger charge is 2.50. The number of ether oxygens (including phenoxy) is 1. The van der Waals surface area contributed by atoms with Crippen molar-refractivity contribution in [1.82, 2.24) is 15.0 Å². The first-order valence-corrected chi connectivity index (χ1v) is 9.81. The van der Waals surface area contributed by atoms with Gasteiger partial charge in [-0.05, 0) is 84.5 Å². The summed E-state index contributed by atoms with van der Waals surface area (Å²) in [7, 11) is 0. The zero-order valence-electron chi connectivity index (χ0n) is 16.4. The number of aryl methyl sites for hydroxylation is 1. The van der Waals surface area contributed by atoms with Crippen LogP contribution in [0.4, 0.5) is 0 Å². The minimum absolute atomic E-state index is 0.0208. The molecule has 0 saturated heterocycles. The predicted octanol–water partition coefficient (Wildman–Crippen LogP) is 4.37. The summed E-state index contributed by atoms with van der Waals surface area (Å²) in [6.07, 6.45) is 7.07. The molecule has 2 aliphatic carbocycles. The third-order valence-electron chi connectivity index (χ3n) is 5.93. The highest BCUT2D eigenvalue weighted by atomic mass is 16.5. The highest BCUT2D eigenvalue weighted by molar-refractivity contribution is 5.16. The van der Waals surface area contributed by atoms with Gasteiger partial charge in [-0.2, -0.15) is 0 Å². The summed E-state index contributed by atoms with van der Waals surface area (Å²) in [5, 5.41) is 9.09. The van der Waals surface area contributed by atoms with E-state index in [9.17, 15) is 0 Å². The Kier molecular flexibility index (Phi) is 4.80. The van der Waals surface area contributed by atoms with E-state index in [4.69, 9.17) is 4.74 Å². The Balaban J connectivity index is 1.67. The molecule has 3 rings (SSSR count). The molecule has 0 bridgehead atoms. The second-order valence-electron chi connectivity index (χ2n) is 9.45. The van der Waals surface area contributed by atoms with Crippen molar-refractivity contribution in [1.29, 1.82) is 0 Å². The maximum Gasteiger partial charge on any atom is 0.0859 e. The highest BCUT2D eigenvalue weighted by Crippen LogP contribution is 2.53. The van der Waals surface area contributed by atoms with E-state index in [1.807, 2.05) is 0 Å². The van der Waals surface area contributed by atoms with Gasteiger partial charge < -0.3 is 4.74 Å². The van der Waals surface area contributed by atoms with Crippen molar-refractivity contribution in [3.8, 4) is 0 Å². The molecule has 136 valence electrons. The van der Waals surface area contributed by atoms with Crippen molar-refractivity contribution in [3.05, 3.63) is 11.4 Å². The van der Waals surface area contributed by atoms with Crippen LogP contribution in [-0.4, -0.2) is 27.2 Å². The van der Waals surface area contributed by atoms with Gasteiger partial charge in [0.25, 0.3) is 0 Å². The number of hydrogen-bond donors (Lipinski definition) is 0. The van der Waals surface area contributed by atoms with E-state index in [1.165, 1.54) is 30.7 Å². The van der Waals surface area contributed by atoms with Crippen molar-refractivity contribution in [3.63, 3.8) is 0 Å². The molecule has 2 aliphatic rings. The lowest BCUT2D eigenvalue weighted by atomic mass is 9.96. The summed E-state index contributed by atoms with van der Waals surface area (Å²) in [6.45, 7) is 14.2. The monoisotopic (exact) mass is 333 g/mol. The Labute approximate surface area is 147 Å². The van der Waals surface area contributed by atoms with Gasteiger partial charge in [0.05, 0.1) is 29.1 Å². The summed E-state index contributed by atoms with van der Waals surface area (Å²) < 4.78 is 8.29. The molecule has 0 spiro atoms. The van der Waals surface area contributed by atoms with Crippen LogP contribution in [0, 0.1) is 17.8 Å². The number of rotatable bonds is 5. The Morgan fingerprint density at radius 3 is 2.38 bits per heavy atom. The van der Waals surface area contributed by atoms with Crippen LogP contribution in [0.15, 0.2) is 0 Å². The normalized spacial score (nSPS) is 27.2. The molecule has 4 nitrogen and oxygen atoms in total. The van der Waals surface area contributed by atoms with Gasteiger partial charge in [-0.15, -0.1) is 5.10 Å². The maximum absolute atomic E-state index is 6.06. The second kappa shape index (κ2) is 6.44. The zero-order chi connectivity index (χ0) is 17.5. The average Bonchev–Trinajstić information content (AvgIpc) is 2.93. The van der Waals surface area contributed by atoms with Gasteiger partial charge in [0.15, 0.2) is 0 Å². The summed E-state index contributed by atoms with van der Waals surface area (Å²) in [5.41, 5.74) is 2.70. The molecule has 0 aromatic carbocycles. The lowest BCUT2D eigenvalue weighted by Gasteiger charge is -2.27. The third kappa shape index (κ3) is 3.68. The lowest BCUT2D eigenvalue weighted by molar-refractivity contribution is -0.0122. The van der Waals surface area contributed by atoms with Gasteiger partial charge in [-0.25, -0.2) is 4.68 Å². The first-order valence-electron chi connectivity index (χ1n) is 9.81. The van der Waals surface area contributed by atoms with Crippen LogP contribution in [0.25, 0.3) is 0 Å². The number of fused-ring (bicyclic) bond motifs is 2. The first kappa shape index (κ1) is 17.9. The summed E-state index contributed by atoms with van der Waals surface area (Å²) in [5.74, 6) is 2.45. The van der Waals surface area contributed by atoms with Gasteiger partial charge in [0, 0.05) is 0 Å². The fourth-order valence-electron chi connectivity index (χ4n) is 4.56. The van der Waals surface area contributed by atoms with E-state index in [0.717, 1.165) is 43.6 Å². The van der Waals surface area contributed by atoms with Crippen molar-refractivity contribution in [2.75, 3.05) is 6.61 Å². The number of aromatic nitrogens is 3. The Bertz CT molecular complexity index is 570. The molecule has 0 radical (unpaired) electrons. The quantitative estimate of drug-likeness (QED) is 0.803. The standard InChI is InChI=1S/C20H35N3O/c1-7-12-20(5,6)23-18-11-9-15-14(8-10-17(18)21-22-23)16(15)13-24-19(2,3)4/h14-16H,7-13H2,1-6H3. The van der Waals surface area contributed by atoms with Gasteiger partial charge in [0.1, 0.15) is 0 Å². The van der Waals surface area contributed by atoms with E-state index in [0.29, 0.717) is 0 Å². The van der Waals surface area contributed by atoms with Crippen LogP contribution in [0.1, 0.15) is 78.6 Å². The van der Waals surface area contributed by atoms with Crippen LogP contribution in [0.5, 0.6) is 0 Å². The van der Waals surface area contributed by atoms with E-state index in [2.05, 4.69) is 56.5 Å². The molecule has 3 atom stereocenters. The van der Waals surface area contributed by atoms with E-state index in [-0.39, 0.29) is 11.1 Å². The van der Waals surface area contributed by atoms with Crippen LogP contribution in [0.3, 0.4) is 0 Å². The van der Waals surface area contributed by atoms with Crippen LogP contribution in [0.2, 0.25) is 0 Å². The maximum atomic E-state index is 6.06. The molecule has 1 aromatic heterocycles. The molecule has 0 amide bonds. The molecule has 1 heterocycles. The van der Waals surface area contributed by atoms with Crippen LogP contribution < -0.4 is 0 Å². The predicted molar refractivity (Wildman–Crippen MR) is 97.1 cm³/mol. The Hall–Kier alpha value is -0.900.